The molecular formula is C12H22N4. The minimum absolute atomic E-state index is 0.602. The minimum Gasteiger partial charge on any atom is -0.312 e. The second kappa shape index (κ2) is 4.53. The fourth-order valence-corrected chi connectivity index (χ4v) is 2.66. The number of rotatable bonds is 2. The number of piperidine rings is 1. The Morgan fingerprint density at radius 2 is 1.56 bits per heavy atom. The van der Waals surface area contributed by atoms with E-state index in [1.54, 1.807) is 0 Å². The highest BCUT2D eigenvalue weighted by Crippen LogP contribution is 2.25. The molecule has 0 radical (unpaired) electrons. The van der Waals surface area contributed by atoms with E-state index in [2.05, 4.69) is 47.4 Å². The predicted molar refractivity (Wildman–Crippen MR) is 64.5 cm³/mol. The molecule has 0 spiro atoms. The fraction of sp³-hybridized carbons (Fsp3) is 0.833. The zero-order chi connectivity index (χ0) is 11.7. The van der Waals surface area contributed by atoms with E-state index in [1.165, 1.54) is 25.9 Å². The van der Waals surface area contributed by atoms with Gasteiger partial charge >= 0.3 is 0 Å². The third kappa shape index (κ3) is 2.12. The summed E-state index contributed by atoms with van der Waals surface area (Å²) in [7, 11) is 0. The molecular weight excluding hydrogens is 200 g/mol. The summed E-state index contributed by atoms with van der Waals surface area (Å²) in [4.78, 5) is 2.55. The number of nitrogens with zero attached hydrogens (tertiary/aromatic N) is 4. The minimum atomic E-state index is 0.602. The van der Waals surface area contributed by atoms with E-state index in [9.17, 15) is 0 Å². The number of hydrogen-bond acceptors (Lipinski definition) is 3. The molecule has 4 nitrogen and oxygen atoms in total. The van der Waals surface area contributed by atoms with Crippen LogP contribution in [0.25, 0.3) is 0 Å². The Morgan fingerprint density at radius 3 is 2.00 bits per heavy atom. The van der Waals surface area contributed by atoms with Gasteiger partial charge in [0.05, 0.1) is 0 Å². The molecule has 1 aromatic heterocycles. The lowest BCUT2D eigenvalue weighted by Gasteiger charge is -2.35. The van der Waals surface area contributed by atoms with Crippen molar-refractivity contribution in [3.63, 3.8) is 0 Å². The van der Waals surface area contributed by atoms with E-state index in [0.717, 1.165) is 11.6 Å². The topological polar surface area (TPSA) is 34.0 Å². The molecule has 0 aliphatic carbocycles. The lowest BCUT2D eigenvalue weighted by atomic mass is 10.0. The van der Waals surface area contributed by atoms with Gasteiger partial charge < -0.3 is 9.47 Å². The van der Waals surface area contributed by atoms with Crippen molar-refractivity contribution in [3.8, 4) is 0 Å². The Bertz CT molecular complexity index is 328. The zero-order valence-electron chi connectivity index (χ0n) is 10.8. The summed E-state index contributed by atoms with van der Waals surface area (Å²) in [5, 5.41) is 8.29. The van der Waals surface area contributed by atoms with Crippen LogP contribution in [0.15, 0.2) is 0 Å². The van der Waals surface area contributed by atoms with Crippen molar-refractivity contribution in [1.82, 2.24) is 19.7 Å². The highest BCUT2D eigenvalue weighted by Gasteiger charge is 2.24. The Balaban J connectivity index is 2.04. The maximum atomic E-state index is 4.14. The van der Waals surface area contributed by atoms with E-state index < -0.39 is 0 Å². The summed E-state index contributed by atoms with van der Waals surface area (Å²) in [6.07, 6.45) is 2.44. The van der Waals surface area contributed by atoms with Gasteiger partial charge in [-0.3, -0.25) is 0 Å². The molecule has 1 fully saturated rings. The van der Waals surface area contributed by atoms with Gasteiger partial charge in [-0.2, -0.15) is 0 Å². The molecule has 16 heavy (non-hydrogen) atoms. The van der Waals surface area contributed by atoms with Gasteiger partial charge in [0.1, 0.15) is 11.6 Å². The first kappa shape index (κ1) is 11.6. The van der Waals surface area contributed by atoms with Gasteiger partial charge in [-0.05, 0) is 40.5 Å². The van der Waals surface area contributed by atoms with Crippen molar-refractivity contribution < 1.29 is 0 Å². The van der Waals surface area contributed by atoms with Gasteiger partial charge in [-0.25, -0.2) is 0 Å². The van der Waals surface area contributed by atoms with Crippen LogP contribution in [0.1, 0.15) is 44.4 Å². The second-order valence-corrected chi connectivity index (χ2v) is 5.03. The highest BCUT2D eigenvalue weighted by atomic mass is 15.3. The first-order valence-electron chi connectivity index (χ1n) is 6.21. The number of aromatic nitrogens is 3. The fourth-order valence-electron chi connectivity index (χ4n) is 2.66. The monoisotopic (exact) mass is 222 g/mol. The molecule has 0 unspecified atom stereocenters. The molecule has 0 saturated carbocycles. The van der Waals surface area contributed by atoms with Gasteiger partial charge in [-0.15, -0.1) is 10.2 Å². The van der Waals surface area contributed by atoms with Gasteiger partial charge in [0, 0.05) is 25.2 Å². The molecule has 4 heteroatoms. The van der Waals surface area contributed by atoms with Crippen LogP contribution in [0.5, 0.6) is 0 Å². The van der Waals surface area contributed by atoms with Crippen LogP contribution >= 0.6 is 0 Å². The molecule has 0 N–H and O–H groups in total. The Kier molecular flexibility index (Phi) is 3.28. The molecule has 0 amide bonds. The highest BCUT2D eigenvalue weighted by molar-refractivity contribution is 4.96. The van der Waals surface area contributed by atoms with Crippen LogP contribution in [0.2, 0.25) is 0 Å². The molecule has 0 atom stereocenters. The van der Waals surface area contributed by atoms with Gasteiger partial charge in [-0.1, -0.05) is 0 Å². The molecule has 1 saturated heterocycles. The third-order valence-corrected chi connectivity index (χ3v) is 3.63. The van der Waals surface area contributed by atoms with Crippen LogP contribution in [-0.2, 0) is 0 Å². The quantitative estimate of drug-likeness (QED) is 0.767. The van der Waals surface area contributed by atoms with Crippen LogP contribution in [0, 0.1) is 13.8 Å². The molecule has 90 valence electrons. The first-order valence-corrected chi connectivity index (χ1v) is 6.21. The maximum Gasteiger partial charge on any atom is 0.130 e. The average Bonchev–Trinajstić information content (AvgIpc) is 2.59. The van der Waals surface area contributed by atoms with E-state index in [0.29, 0.717) is 12.1 Å². The first-order chi connectivity index (χ1) is 7.59. The Labute approximate surface area is 97.7 Å². The van der Waals surface area contributed by atoms with Crippen LogP contribution in [-0.4, -0.2) is 38.8 Å². The summed E-state index contributed by atoms with van der Waals surface area (Å²) < 4.78 is 2.30. The van der Waals surface area contributed by atoms with E-state index >= 15 is 0 Å². The van der Waals surface area contributed by atoms with Gasteiger partial charge in [0.15, 0.2) is 0 Å². The average molecular weight is 222 g/mol. The number of aryl methyl sites for hydroxylation is 2. The van der Waals surface area contributed by atoms with Crippen molar-refractivity contribution >= 4 is 0 Å². The summed E-state index contributed by atoms with van der Waals surface area (Å²) in [5.41, 5.74) is 0. The Morgan fingerprint density at radius 1 is 1.06 bits per heavy atom. The van der Waals surface area contributed by atoms with E-state index in [-0.39, 0.29) is 0 Å². The normalized spacial score (nSPS) is 19.6. The smallest absolute Gasteiger partial charge is 0.130 e. The molecule has 2 rings (SSSR count). The predicted octanol–water partition coefficient (Wildman–Crippen LogP) is 1.94. The van der Waals surface area contributed by atoms with Crippen molar-refractivity contribution in [2.45, 2.75) is 52.6 Å². The SMILES string of the molecule is Cc1nnc(C)n1C1CCN(C(C)C)CC1. The molecule has 2 heterocycles. The van der Waals surface area contributed by atoms with E-state index in [4.69, 9.17) is 0 Å². The van der Waals surface area contributed by atoms with Crippen molar-refractivity contribution in [3.05, 3.63) is 11.6 Å². The van der Waals surface area contributed by atoms with Crippen LogP contribution in [0.3, 0.4) is 0 Å². The summed E-state index contributed by atoms with van der Waals surface area (Å²) in [6.45, 7) is 11.0. The van der Waals surface area contributed by atoms with Crippen LogP contribution < -0.4 is 0 Å². The second-order valence-electron chi connectivity index (χ2n) is 5.03. The molecule has 0 bridgehead atoms. The number of hydrogen-bond donors (Lipinski definition) is 0. The molecule has 1 aromatic rings. The lowest BCUT2D eigenvalue weighted by Crippen LogP contribution is -2.39. The summed E-state index contributed by atoms with van der Waals surface area (Å²) in [6, 6.07) is 1.27. The summed E-state index contributed by atoms with van der Waals surface area (Å²) >= 11 is 0. The van der Waals surface area contributed by atoms with Gasteiger partial charge in [0.25, 0.3) is 0 Å². The van der Waals surface area contributed by atoms with Crippen LogP contribution in [0.4, 0.5) is 0 Å². The lowest BCUT2D eigenvalue weighted by molar-refractivity contribution is 0.150. The zero-order valence-corrected chi connectivity index (χ0v) is 10.8. The largest absolute Gasteiger partial charge is 0.312 e. The summed E-state index contributed by atoms with van der Waals surface area (Å²) in [5.74, 6) is 2.11. The van der Waals surface area contributed by atoms with Crippen molar-refractivity contribution in [2.75, 3.05) is 13.1 Å². The Hall–Kier alpha value is -0.900. The molecule has 1 aliphatic heterocycles. The van der Waals surface area contributed by atoms with E-state index in [1.807, 2.05) is 0 Å². The third-order valence-electron chi connectivity index (χ3n) is 3.63. The van der Waals surface area contributed by atoms with Crippen molar-refractivity contribution in [2.24, 2.45) is 0 Å². The molecule has 0 aromatic carbocycles. The maximum absolute atomic E-state index is 4.14. The number of likely N-dealkylation sites (tertiary alicyclic amines) is 1. The van der Waals surface area contributed by atoms with Gasteiger partial charge in [0.2, 0.25) is 0 Å². The van der Waals surface area contributed by atoms with Crippen molar-refractivity contribution in [1.29, 1.82) is 0 Å². The standard InChI is InChI=1S/C12H22N4/c1-9(2)15-7-5-12(6-8-15)16-10(3)13-14-11(16)4/h9,12H,5-8H2,1-4H3. The molecule has 1 aliphatic rings.